The Labute approximate surface area is 149 Å². The smallest absolute Gasteiger partial charge is 0.337 e. The summed E-state index contributed by atoms with van der Waals surface area (Å²) in [5.41, 5.74) is 1.20. The number of hydrogen-bond acceptors (Lipinski definition) is 5. The van der Waals surface area contributed by atoms with Gasteiger partial charge in [0.1, 0.15) is 6.04 Å². The maximum Gasteiger partial charge on any atom is 0.337 e. The summed E-state index contributed by atoms with van der Waals surface area (Å²) in [5.74, 6) is -2.08. The van der Waals surface area contributed by atoms with Crippen LogP contribution in [0.3, 0.4) is 0 Å². The van der Waals surface area contributed by atoms with Crippen LogP contribution < -0.4 is 5.32 Å². The molecule has 0 fully saturated rings. The first-order chi connectivity index (χ1) is 12.4. The van der Waals surface area contributed by atoms with Gasteiger partial charge < -0.3 is 10.1 Å². The molecule has 0 saturated carbocycles. The van der Waals surface area contributed by atoms with Gasteiger partial charge in [0.05, 0.1) is 23.8 Å². The van der Waals surface area contributed by atoms with Crippen molar-refractivity contribution in [1.29, 1.82) is 0 Å². The van der Waals surface area contributed by atoms with E-state index in [-0.39, 0.29) is 16.7 Å². The van der Waals surface area contributed by atoms with E-state index in [2.05, 4.69) is 10.1 Å². The number of hydrogen-bond donors (Lipinski definition) is 1. The average molecular weight is 352 g/mol. The third-order valence-corrected chi connectivity index (χ3v) is 4.14. The number of amides is 3. The summed E-state index contributed by atoms with van der Waals surface area (Å²) in [4.78, 5) is 49.9. The lowest BCUT2D eigenvalue weighted by Gasteiger charge is -2.21. The Kier molecular flexibility index (Phi) is 4.53. The molecule has 0 aliphatic carbocycles. The van der Waals surface area contributed by atoms with Crippen molar-refractivity contribution in [2.45, 2.75) is 13.0 Å². The molecule has 2 aromatic rings. The molecule has 0 aromatic heterocycles. The highest BCUT2D eigenvalue weighted by Gasteiger charge is 2.40. The van der Waals surface area contributed by atoms with Crippen LogP contribution in [-0.2, 0) is 9.53 Å². The number of benzene rings is 2. The second-order valence-corrected chi connectivity index (χ2v) is 5.76. The van der Waals surface area contributed by atoms with Gasteiger partial charge in [0.15, 0.2) is 0 Å². The van der Waals surface area contributed by atoms with Crippen LogP contribution in [0.4, 0.5) is 5.69 Å². The number of ether oxygens (including phenoxy) is 1. The van der Waals surface area contributed by atoms with Gasteiger partial charge >= 0.3 is 5.97 Å². The van der Waals surface area contributed by atoms with Crippen molar-refractivity contribution < 1.29 is 23.9 Å². The Morgan fingerprint density at radius 3 is 2.19 bits per heavy atom. The molecule has 0 spiro atoms. The molecule has 0 bridgehead atoms. The van der Waals surface area contributed by atoms with Crippen LogP contribution in [0.1, 0.15) is 38.0 Å². The molecule has 1 heterocycles. The van der Waals surface area contributed by atoms with Gasteiger partial charge in [-0.2, -0.15) is 0 Å². The van der Waals surface area contributed by atoms with Crippen molar-refractivity contribution in [1.82, 2.24) is 4.90 Å². The van der Waals surface area contributed by atoms with Crippen molar-refractivity contribution in [3.05, 3.63) is 65.2 Å². The van der Waals surface area contributed by atoms with Gasteiger partial charge in [-0.15, -0.1) is 0 Å². The first kappa shape index (κ1) is 17.3. The zero-order valence-corrected chi connectivity index (χ0v) is 14.2. The topological polar surface area (TPSA) is 92.8 Å². The molecule has 1 atom stereocenters. The van der Waals surface area contributed by atoms with Crippen LogP contribution in [0.2, 0.25) is 0 Å². The Hall–Kier alpha value is -3.48. The molecule has 3 amide bonds. The average Bonchev–Trinajstić information content (AvgIpc) is 2.91. The second-order valence-electron chi connectivity index (χ2n) is 5.76. The van der Waals surface area contributed by atoms with Crippen LogP contribution in [0.15, 0.2) is 48.5 Å². The lowest BCUT2D eigenvalue weighted by Crippen LogP contribution is -2.45. The minimum atomic E-state index is -1.01. The van der Waals surface area contributed by atoms with E-state index in [4.69, 9.17) is 0 Å². The van der Waals surface area contributed by atoms with Gasteiger partial charge in [-0.3, -0.25) is 19.3 Å². The summed E-state index contributed by atoms with van der Waals surface area (Å²) in [6, 6.07) is 11.6. The fourth-order valence-corrected chi connectivity index (χ4v) is 2.77. The quantitative estimate of drug-likeness (QED) is 0.672. The molecular formula is C19H16N2O5. The van der Waals surface area contributed by atoms with Crippen LogP contribution in [0.25, 0.3) is 0 Å². The molecule has 26 heavy (non-hydrogen) atoms. The van der Waals surface area contributed by atoms with Crippen LogP contribution in [-0.4, -0.2) is 41.7 Å². The normalized spacial score (nSPS) is 14.0. The van der Waals surface area contributed by atoms with E-state index in [0.717, 1.165) is 4.90 Å². The number of methoxy groups -OCH3 is 1. The van der Waals surface area contributed by atoms with Gasteiger partial charge in [-0.25, -0.2) is 4.79 Å². The number of fused-ring (bicyclic) bond motifs is 1. The third kappa shape index (κ3) is 2.95. The van der Waals surface area contributed by atoms with Crippen molar-refractivity contribution in [2.24, 2.45) is 0 Å². The predicted octanol–water partition coefficient (Wildman–Crippen LogP) is 2.10. The van der Waals surface area contributed by atoms with E-state index in [1.54, 1.807) is 42.5 Å². The SMILES string of the molecule is COC(=O)c1cccc(NC(=O)[C@H](C)N2C(=O)c3ccccc3C2=O)c1. The van der Waals surface area contributed by atoms with Crippen LogP contribution in [0, 0.1) is 0 Å². The molecule has 2 aromatic carbocycles. The van der Waals surface area contributed by atoms with E-state index >= 15 is 0 Å². The number of carbonyl (C=O) groups excluding carboxylic acids is 4. The maximum atomic E-state index is 12.5. The molecule has 1 aliphatic rings. The number of carbonyl (C=O) groups is 4. The molecule has 7 nitrogen and oxygen atoms in total. The third-order valence-electron chi connectivity index (χ3n) is 4.14. The summed E-state index contributed by atoms with van der Waals surface area (Å²) in [5, 5.41) is 2.61. The minimum Gasteiger partial charge on any atom is -0.465 e. The summed E-state index contributed by atoms with van der Waals surface area (Å²) in [6.07, 6.45) is 0. The highest BCUT2D eigenvalue weighted by atomic mass is 16.5. The van der Waals surface area contributed by atoms with Crippen molar-refractivity contribution in [3.63, 3.8) is 0 Å². The lowest BCUT2D eigenvalue weighted by molar-refractivity contribution is -0.119. The summed E-state index contributed by atoms with van der Waals surface area (Å²) in [6.45, 7) is 1.47. The van der Waals surface area contributed by atoms with Crippen molar-refractivity contribution in [3.8, 4) is 0 Å². The van der Waals surface area contributed by atoms with Gasteiger partial charge in [-0.1, -0.05) is 18.2 Å². The van der Waals surface area contributed by atoms with Crippen molar-refractivity contribution >= 4 is 29.4 Å². The van der Waals surface area contributed by atoms with Crippen LogP contribution in [0.5, 0.6) is 0 Å². The number of esters is 1. The summed E-state index contributed by atoms with van der Waals surface area (Å²) >= 11 is 0. The van der Waals surface area contributed by atoms with E-state index in [1.807, 2.05) is 0 Å². The number of anilines is 1. The minimum absolute atomic E-state index is 0.277. The second kappa shape index (κ2) is 6.79. The largest absolute Gasteiger partial charge is 0.465 e. The van der Waals surface area contributed by atoms with E-state index < -0.39 is 29.7 Å². The van der Waals surface area contributed by atoms with Gasteiger partial charge in [-0.05, 0) is 37.3 Å². The van der Waals surface area contributed by atoms with Crippen LogP contribution >= 0.6 is 0 Å². The maximum absolute atomic E-state index is 12.5. The molecule has 0 unspecified atom stereocenters. The highest BCUT2D eigenvalue weighted by molar-refractivity contribution is 6.23. The number of rotatable bonds is 4. The first-order valence-electron chi connectivity index (χ1n) is 7.90. The number of nitrogens with zero attached hydrogens (tertiary/aromatic N) is 1. The van der Waals surface area contributed by atoms with Gasteiger partial charge in [0.25, 0.3) is 11.8 Å². The monoisotopic (exact) mass is 352 g/mol. The Balaban J connectivity index is 1.78. The Bertz CT molecular complexity index is 887. The molecule has 7 heteroatoms. The summed E-state index contributed by atoms with van der Waals surface area (Å²) in [7, 11) is 1.26. The van der Waals surface area contributed by atoms with E-state index in [9.17, 15) is 19.2 Å². The van der Waals surface area contributed by atoms with Crippen molar-refractivity contribution in [2.75, 3.05) is 12.4 Å². The Morgan fingerprint density at radius 2 is 1.62 bits per heavy atom. The van der Waals surface area contributed by atoms with Gasteiger partial charge in [0.2, 0.25) is 5.91 Å². The van der Waals surface area contributed by atoms with E-state index in [0.29, 0.717) is 5.69 Å². The molecule has 0 radical (unpaired) electrons. The highest BCUT2D eigenvalue weighted by Crippen LogP contribution is 2.25. The molecule has 1 aliphatic heterocycles. The Morgan fingerprint density at radius 1 is 1.00 bits per heavy atom. The first-order valence-corrected chi connectivity index (χ1v) is 7.90. The molecule has 0 saturated heterocycles. The fourth-order valence-electron chi connectivity index (χ4n) is 2.77. The predicted molar refractivity (Wildman–Crippen MR) is 92.8 cm³/mol. The van der Waals surface area contributed by atoms with Gasteiger partial charge in [0, 0.05) is 5.69 Å². The fraction of sp³-hybridized carbons (Fsp3) is 0.158. The molecule has 132 valence electrons. The lowest BCUT2D eigenvalue weighted by atomic mass is 10.1. The zero-order valence-electron chi connectivity index (χ0n) is 14.2. The summed E-state index contributed by atoms with van der Waals surface area (Å²) < 4.78 is 4.64. The zero-order chi connectivity index (χ0) is 18.8. The number of nitrogens with one attached hydrogen (secondary N) is 1. The molecule has 1 N–H and O–H groups in total. The molecule has 3 rings (SSSR count). The number of imide groups is 1. The standard InChI is InChI=1S/C19H16N2O5/c1-11(21-17(23)14-8-3-4-9-15(14)18(21)24)16(22)20-13-7-5-6-12(10-13)19(25)26-2/h3-11H,1-2H3,(H,20,22)/t11-/m0/s1. The molecular weight excluding hydrogens is 336 g/mol. The van der Waals surface area contributed by atoms with E-state index in [1.165, 1.54) is 20.1 Å².